The van der Waals surface area contributed by atoms with Crippen LogP contribution in [0.3, 0.4) is 0 Å². The Kier molecular flexibility index (Phi) is 5.54. The van der Waals surface area contributed by atoms with Gasteiger partial charge in [-0.2, -0.15) is 4.98 Å². The molecule has 0 unspecified atom stereocenters. The van der Waals surface area contributed by atoms with Gasteiger partial charge in [0.15, 0.2) is 11.0 Å². The van der Waals surface area contributed by atoms with E-state index in [0.717, 1.165) is 29.5 Å². The summed E-state index contributed by atoms with van der Waals surface area (Å²) in [6.45, 7) is 1.98. The van der Waals surface area contributed by atoms with Gasteiger partial charge in [-0.3, -0.25) is 9.36 Å². The zero-order chi connectivity index (χ0) is 21.4. The fourth-order valence-electron chi connectivity index (χ4n) is 3.93. The van der Waals surface area contributed by atoms with Crippen LogP contribution >= 0.6 is 23.1 Å². The highest BCUT2D eigenvalue weighted by molar-refractivity contribution is 7.98. The normalized spacial score (nSPS) is 13.5. The number of thioether (sulfide) groups is 1. The van der Waals surface area contributed by atoms with Crippen LogP contribution in [0.2, 0.25) is 0 Å². The van der Waals surface area contributed by atoms with E-state index in [0.29, 0.717) is 40.5 Å². The molecule has 0 spiro atoms. The molecule has 0 aliphatic heterocycles. The van der Waals surface area contributed by atoms with Gasteiger partial charge in [0.1, 0.15) is 10.6 Å². The molecule has 31 heavy (non-hydrogen) atoms. The Balaban J connectivity index is 1.67. The molecule has 4 aromatic rings. The largest absolute Gasteiger partial charge is 0.495 e. The first-order chi connectivity index (χ1) is 15.2. The summed E-state index contributed by atoms with van der Waals surface area (Å²) in [5.41, 5.74) is 1.81. The van der Waals surface area contributed by atoms with Crippen LogP contribution in [0.4, 0.5) is 0 Å². The Morgan fingerprint density at radius 3 is 2.87 bits per heavy atom. The van der Waals surface area contributed by atoms with Gasteiger partial charge in [0, 0.05) is 11.3 Å². The first-order valence-electron chi connectivity index (χ1n) is 10.3. The van der Waals surface area contributed by atoms with Crippen LogP contribution < -0.4 is 10.3 Å². The van der Waals surface area contributed by atoms with Crippen molar-refractivity contribution in [1.82, 2.24) is 19.7 Å². The van der Waals surface area contributed by atoms with Crippen LogP contribution in [-0.2, 0) is 25.0 Å². The molecule has 160 valence electrons. The van der Waals surface area contributed by atoms with E-state index in [1.165, 1.54) is 28.6 Å². The molecule has 3 aromatic heterocycles. The highest BCUT2D eigenvalue weighted by atomic mass is 32.2. The topological polar surface area (TPSA) is 83.0 Å². The van der Waals surface area contributed by atoms with Crippen LogP contribution in [0.5, 0.6) is 5.75 Å². The maximum atomic E-state index is 13.8. The van der Waals surface area contributed by atoms with E-state index in [1.54, 1.807) is 23.0 Å². The molecule has 0 saturated carbocycles. The van der Waals surface area contributed by atoms with Crippen LogP contribution in [0, 0.1) is 0 Å². The number of fused-ring (bicyclic) bond motifs is 3. The highest BCUT2D eigenvalue weighted by Gasteiger charge is 2.24. The minimum Gasteiger partial charge on any atom is -0.495 e. The highest BCUT2D eigenvalue weighted by Crippen LogP contribution is 2.36. The van der Waals surface area contributed by atoms with Crippen molar-refractivity contribution < 1.29 is 9.26 Å². The van der Waals surface area contributed by atoms with E-state index in [4.69, 9.17) is 14.2 Å². The second kappa shape index (κ2) is 8.47. The van der Waals surface area contributed by atoms with E-state index in [2.05, 4.69) is 10.1 Å². The molecule has 0 amide bonds. The molecule has 1 aliphatic rings. The van der Waals surface area contributed by atoms with Crippen LogP contribution in [0.25, 0.3) is 15.9 Å². The fourth-order valence-corrected chi connectivity index (χ4v) is 6.07. The third-order valence-electron chi connectivity index (χ3n) is 5.44. The number of aromatic nitrogens is 4. The predicted octanol–water partition coefficient (Wildman–Crippen LogP) is 4.57. The lowest BCUT2D eigenvalue weighted by Crippen LogP contribution is -2.22. The standard InChI is InChI=1S/C22H22N4O3S2/c1-3-17-23-18(29-25-17)12-30-22-24-20-19(13-8-4-7-11-16(13)31-20)21(27)26(22)14-9-5-6-10-15(14)28-2/h5-6,9-10H,3-4,7-8,11-12H2,1-2H3. The fraction of sp³-hybridized carbons (Fsp3) is 0.364. The molecule has 0 radical (unpaired) electrons. The maximum absolute atomic E-state index is 13.8. The minimum atomic E-state index is -0.0452. The second-order valence-electron chi connectivity index (χ2n) is 7.34. The minimum absolute atomic E-state index is 0.0452. The van der Waals surface area contributed by atoms with E-state index in [9.17, 15) is 4.79 Å². The van der Waals surface area contributed by atoms with Gasteiger partial charge in [-0.05, 0) is 43.4 Å². The summed E-state index contributed by atoms with van der Waals surface area (Å²) in [6.07, 6.45) is 4.95. The summed E-state index contributed by atoms with van der Waals surface area (Å²) in [7, 11) is 1.61. The number of benzene rings is 1. The molecular weight excluding hydrogens is 432 g/mol. The van der Waals surface area contributed by atoms with Crippen molar-refractivity contribution in [1.29, 1.82) is 0 Å². The zero-order valence-electron chi connectivity index (χ0n) is 17.4. The van der Waals surface area contributed by atoms with Gasteiger partial charge >= 0.3 is 0 Å². The second-order valence-corrected chi connectivity index (χ2v) is 9.37. The predicted molar refractivity (Wildman–Crippen MR) is 122 cm³/mol. The van der Waals surface area contributed by atoms with Gasteiger partial charge in [-0.1, -0.05) is 36.0 Å². The monoisotopic (exact) mass is 454 g/mol. The Labute approximate surface area is 187 Å². The Morgan fingerprint density at radius 2 is 2.06 bits per heavy atom. The summed E-state index contributed by atoms with van der Waals surface area (Å²) in [4.78, 5) is 25.2. The van der Waals surface area contributed by atoms with Gasteiger partial charge in [0.25, 0.3) is 5.56 Å². The van der Waals surface area contributed by atoms with Crippen molar-refractivity contribution in [3.8, 4) is 11.4 Å². The molecule has 0 atom stereocenters. The quantitative estimate of drug-likeness (QED) is 0.312. The van der Waals surface area contributed by atoms with Gasteiger partial charge in [0.05, 0.1) is 23.9 Å². The number of ether oxygens (including phenoxy) is 1. The van der Waals surface area contributed by atoms with Crippen molar-refractivity contribution in [2.45, 2.75) is 49.9 Å². The van der Waals surface area contributed by atoms with Crippen molar-refractivity contribution in [3.05, 3.63) is 56.8 Å². The lowest BCUT2D eigenvalue weighted by molar-refractivity contribution is 0.385. The maximum Gasteiger partial charge on any atom is 0.267 e. The number of hydrogen-bond acceptors (Lipinski definition) is 8. The van der Waals surface area contributed by atoms with Crippen molar-refractivity contribution in [2.24, 2.45) is 0 Å². The lowest BCUT2D eigenvalue weighted by atomic mass is 9.97. The number of rotatable bonds is 6. The molecule has 0 N–H and O–H groups in total. The summed E-state index contributed by atoms with van der Waals surface area (Å²) in [5, 5.41) is 5.31. The summed E-state index contributed by atoms with van der Waals surface area (Å²) >= 11 is 3.07. The van der Waals surface area contributed by atoms with Gasteiger partial charge < -0.3 is 9.26 Å². The zero-order valence-corrected chi connectivity index (χ0v) is 19.0. The van der Waals surface area contributed by atoms with Crippen LogP contribution in [0.15, 0.2) is 38.7 Å². The van der Waals surface area contributed by atoms with E-state index in [-0.39, 0.29) is 5.56 Å². The van der Waals surface area contributed by atoms with E-state index in [1.807, 2.05) is 31.2 Å². The smallest absolute Gasteiger partial charge is 0.267 e. The Hall–Kier alpha value is -2.65. The van der Waals surface area contributed by atoms with Gasteiger partial charge in [-0.25, -0.2) is 4.98 Å². The molecular formula is C22H22N4O3S2. The molecule has 1 aromatic carbocycles. The summed E-state index contributed by atoms with van der Waals surface area (Å²) < 4.78 is 12.6. The van der Waals surface area contributed by atoms with Crippen molar-refractivity contribution in [2.75, 3.05) is 7.11 Å². The first kappa shape index (κ1) is 20.3. The Morgan fingerprint density at radius 1 is 1.23 bits per heavy atom. The third-order valence-corrected chi connectivity index (χ3v) is 7.54. The molecule has 5 rings (SSSR count). The van der Waals surface area contributed by atoms with E-state index < -0.39 is 0 Å². The molecule has 7 nitrogen and oxygen atoms in total. The van der Waals surface area contributed by atoms with Gasteiger partial charge in [0.2, 0.25) is 5.89 Å². The van der Waals surface area contributed by atoms with Crippen LogP contribution in [0.1, 0.15) is 41.9 Å². The third kappa shape index (κ3) is 3.65. The summed E-state index contributed by atoms with van der Waals surface area (Å²) in [6, 6.07) is 7.54. The molecule has 3 heterocycles. The Bertz CT molecular complexity index is 1310. The number of nitrogens with zero attached hydrogens (tertiary/aromatic N) is 4. The van der Waals surface area contributed by atoms with E-state index >= 15 is 0 Å². The summed E-state index contributed by atoms with van der Waals surface area (Å²) in [5.74, 6) is 2.26. The molecule has 9 heteroatoms. The number of para-hydroxylation sites is 2. The van der Waals surface area contributed by atoms with Gasteiger partial charge in [-0.15, -0.1) is 11.3 Å². The number of methoxy groups -OCH3 is 1. The molecule has 0 saturated heterocycles. The van der Waals surface area contributed by atoms with Crippen molar-refractivity contribution in [3.63, 3.8) is 0 Å². The lowest BCUT2D eigenvalue weighted by Gasteiger charge is -2.15. The molecule has 0 bridgehead atoms. The average Bonchev–Trinajstić information content (AvgIpc) is 3.42. The number of aryl methyl sites for hydroxylation is 3. The first-order valence-corrected chi connectivity index (χ1v) is 12.1. The molecule has 1 aliphatic carbocycles. The average molecular weight is 455 g/mol. The number of hydrogen-bond donors (Lipinski definition) is 0. The van der Waals surface area contributed by atoms with Crippen molar-refractivity contribution >= 4 is 33.3 Å². The molecule has 0 fully saturated rings. The SMILES string of the molecule is CCc1noc(CSc2nc3sc4c(c3c(=O)n2-c2ccccc2OC)CCCC4)n1. The van der Waals surface area contributed by atoms with Crippen LogP contribution in [-0.4, -0.2) is 26.8 Å². The number of thiophene rings is 1.